The summed E-state index contributed by atoms with van der Waals surface area (Å²) < 4.78 is 0. The summed E-state index contributed by atoms with van der Waals surface area (Å²) in [6, 6.07) is 0.256. The second-order valence-electron chi connectivity index (χ2n) is 2.65. The highest BCUT2D eigenvalue weighted by atomic mass is 16.3. The lowest BCUT2D eigenvalue weighted by molar-refractivity contribution is 0.158. The zero-order valence-corrected chi connectivity index (χ0v) is 6.88. The zero-order chi connectivity index (χ0) is 7.98. The van der Waals surface area contributed by atoms with Crippen molar-refractivity contribution in [3.05, 3.63) is 0 Å². The highest BCUT2D eigenvalue weighted by Crippen LogP contribution is 1.93. The molecule has 0 aliphatic carbocycles. The van der Waals surface area contributed by atoms with Gasteiger partial charge in [-0.3, -0.25) is 0 Å². The quantitative estimate of drug-likeness (QED) is 0.557. The van der Waals surface area contributed by atoms with E-state index in [2.05, 4.69) is 4.90 Å². The molecule has 0 radical (unpaired) electrons. The second kappa shape index (κ2) is 5.65. The standard InChI is InChI=1S/C7H18N2O/c1-7(6-10)9(2)5-3-4-8/h7,10H,3-6,8H2,1-2H3. The van der Waals surface area contributed by atoms with Crippen LogP contribution in [0.3, 0.4) is 0 Å². The fourth-order valence-electron chi connectivity index (χ4n) is 0.700. The van der Waals surface area contributed by atoms with Crippen molar-refractivity contribution in [1.29, 1.82) is 0 Å². The van der Waals surface area contributed by atoms with Crippen molar-refractivity contribution in [2.24, 2.45) is 5.73 Å². The van der Waals surface area contributed by atoms with Gasteiger partial charge in [0.1, 0.15) is 0 Å². The molecule has 0 aromatic heterocycles. The number of aliphatic hydroxyl groups is 1. The predicted molar refractivity (Wildman–Crippen MR) is 42.8 cm³/mol. The smallest absolute Gasteiger partial charge is 0.0584 e. The first kappa shape index (κ1) is 9.88. The first-order chi connectivity index (χ1) is 4.72. The van der Waals surface area contributed by atoms with Gasteiger partial charge in [-0.15, -0.1) is 0 Å². The molecule has 0 aliphatic rings. The van der Waals surface area contributed by atoms with Crippen LogP contribution in [0.2, 0.25) is 0 Å². The van der Waals surface area contributed by atoms with E-state index in [0.717, 1.165) is 19.5 Å². The van der Waals surface area contributed by atoms with Crippen LogP contribution in [0.15, 0.2) is 0 Å². The van der Waals surface area contributed by atoms with E-state index in [1.54, 1.807) is 0 Å². The number of likely N-dealkylation sites (N-methyl/N-ethyl adjacent to an activating group) is 1. The average molecular weight is 146 g/mol. The fourth-order valence-corrected chi connectivity index (χ4v) is 0.700. The Balaban J connectivity index is 3.31. The fraction of sp³-hybridized carbons (Fsp3) is 1.00. The van der Waals surface area contributed by atoms with Crippen LogP contribution in [-0.2, 0) is 0 Å². The molecule has 0 saturated carbocycles. The molecule has 0 aliphatic heterocycles. The summed E-state index contributed by atoms with van der Waals surface area (Å²) in [6.45, 7) is 3.91. The van der Waals surface area contributed by atoms with Crippen LogP contribution in [0.25, 0.3) is 0 Å². The maximum absolute atomic E-state index is 8.73. The Bertz CT molecular complexity index is 78.0. The third kappa shape index (κ3) is 3.82. The maximum atomic E-state index is 8.73. The Kier molecular flexibility index (Phi) is 5.58. The molecule has 0 amide bonds. The van der Waals surface area contributed by atoms with Crippen molar-refractivity contribution in [1.82, 2.24) is 4.90 Å². The van der Waals surface area contributed by atoms with E-state index in [0.29, 0.717) is 0 Å². The van der Waals surface area contributed by atoms with Gasteiger partial charge >= 0.3 is 0 Å². The number of hydrogen-bond donors (Lipinski definition) is 2. The second-order valence-corrected chi connectivity index (χ2v) is 2.65. The van der Waals surface area contributed by atoms with E-state index in [9.17, 15) is 0 Å². The SMILES string of the molecule is CC(CO)N(C)CCCN. The summed E-state index contributed by atoms with van der Waals surface area (Å²) in [6.07, 6.45) is 1.00. The highest BCUT2D eigenvalue weighted by Gasteiger charge is 2.05. The van der Waals surface area contributed by atoms with E-state index < -0.39 is 0 Å². The molecule has 0 rings (SSSR count). The molecule has 0 aromatic carbocycles. The third-order valence-corrected chi connectivity index (χ3v) is 1.73. The lowest BCUT2D eigenvalue weighted by Gasteiger charge is -2.21. The van der Waals surface area contributed by atoms with Gasteiger partial charge in [0.15, 0.2) is 0 Å². The van der Waals surface area contributed by atoms with Gasteiger partial charge in [0.25, 0.3) is 0 Å². The lowest BCUT2D eigenvalue weighted by Crippen LogP contribution is -2.33. The third-order valence-electron chi connectivity index (χ3n) is 1.73. The van der Waals surface area contributed by atoms with Gasteiger partial charge in [0, 0.05) is 6.04 Å². The minimum absolute atomic E-state index is 0.223. The van der Waals surface area contributed by atoms with Gasteiger partial charge in [0.05, 0.1) is 6.61 Å². The van der Waals surface area contributed by atoms with Crippen molar-refractivity contribution in [3.8, 4) is 0 Å². The summed E-state index contributed by atoms with van der Waals surface area (Å²) in [7, 11) is 2.00. The van der Waals surface area contributed by atoms with Crippen molar-refractivity contribution in [2.45, 2.75) is 19.4 Å². The van der Waals surface area contributed by atoms with E-state index in [1.165, 1.54) is 0 Å². The molecule has 3 heteroatoms. The molecule has 1 unspecified atom stereocenters. The van der Waals surface area contributed by atoms with Crippen molar-refractivity contribution in [3.63, 3.8) is 0 Å². The zero-order valence-electron chi connectivity index (χ0n) is 6.88. The van der Waals surface area contributed by atoms with Crippen molar-refractivity contribution in [2.75, 3.05) is 26.7 Å². The van der Waals surface area contributed by atoms with Crippen LogP contribution in [-0.4, -0.2) is 42.8 Å². The van der Waals surface area contributed by atoms with E-state index in [-0.39, 0.29) is 12.6 Å². The Labute approximate surface area is 62.8 Å². The number of hydrogen-bond acceptors (Lipinski definition) is 3. The normalized spacial score (nSPS) is 14.1. The van der Waals surface area contributed by atoms with Crippen molar-refractivity contribution >= 4 is 0 Å². The van der Waals surface area contributed by atoms with Crippen LogP contribution >= 0.6 is 0 Å². The molecule has 3 nitrogen and oxygen atoms in total. The van der Waals surface area contributed by atoms with Gasteiger partial charge in [-0.1, -0.05) is 0 Å². The summed E-state index contributed by atoms with van der Waals surface area (Å²) in [5.74, 6) is 0. The van der Waals surface area contributed by atoms with Crippen LogP contribution in [0.1, 0.15) is 13.3 Å². The van der Waals surface area contributed by atoms with Gasteiger partial charge in [-0.2, -0.15) is 0 Å². The molecule has 3 N–H and O–H groups in total. The number of nitrogens with zero attached hydrogens (tertiary/aromatic N) is 1. The highest BCUT2D eigenvalue weighted by molar-refractivity contribution is 4.60. The van der Waals surface area contributed by atoms with E-state index >= 15 is 0 Å². The number of nitrogens with two attached hydrogens (primary N) is 1. The summed E-state index contributed by atoms with van der Waals surface area (Å²) in [5.41, 5.74) is 5.33. The van der Waals surface area contributed by atoms with Gasteiger partial charge < -0.3 is 15.7 Å². The Morgan fingerprint density at radius 3 is 2.60 bits per heavy atom. The minimum atomic E-state index is 0.223. The van der Waals surface area contributed by atoms with Crippen LogP contribution in [0, 0.1) is 0 Å². The predicted octanol–water partition coefficient (Wildman–Crippen LogP) is -0.352. The molecular formula is C7H18N2O. The molecular weight excluding hydrogens is 128 g/mol. The molecule has 10 heavy (non-hydrogen) atoms. The lowest BCUT2D eigenvalue weighted by atomic mass is 10.3. The van der Waals surface area contributed by atoms with Gasteiger partial charge in [-0.05, 0) is 33.5 Å². The topological polar surface area (TPSA) is 49.5 Å². The molecule has 0 aromatic rings. The van der Waals surface area contributed by atoms with E-state index in [4.69, 9.17) is 10.8 Å². The number of rotatable bonds is 5. The monoisotopic (exact) mass is 146 g/mol. The van der Waals surface area contributed by atoms with E-state index in [1.807, 2.05) is 14.0 Å². The summed E-state index contributed by atoms with van der Waals surface area (Å²) >= 11 is 0. The number of aliphatic hydroxyl groups excluding tert-OH is 1. The summed E-state index contributed by atoms with van der Waals surface area (Å²) in [5, 5.41) is 8.73. The average Bonchev–Trinajstić information content (AvgIpc) is 1.98. The molecule has 0 saturated heterocycles. The van der Waals surface area contributed by atoms with Gasteiger partial charge in [0.2, 0.25) is 0 Å². The Morgan fingerprint density at radius 1 is 1.60 bits per heavy atom. The maximum Gasteiger partial charge on any atom is 0.0584 e. The molecule has 0 heterocycles. The Hall–Kier alpha value is -0.120. The summed E-state index contributed by atoms with van der Waals surface area (Å²) in [4.78, 5) is 2.10. The molecule has 0 fully saturated rings. The molecule has 0 spiro atoms. The van der Waals surface area contributed by atoms with Crippen molar-refractivity contribution < 1.29 is 5.11 Å². The van der Waals surface area contributed by atoms with Crippen LogP contribution < -0.4 is 5.73 Å². The van der Waals surface area contributed by atoms with Crippen LogP contribution in [0.5, 0.6) is 0 Å². The first-order valence-corrected chi connectivity index (χ1v) is 3.73. The largest absolute Gasteiger partial charge is 0.395 e. The molecule has 0 bridgehead atoms. The van der Waals surface area contributed by atoms with Crippen LogP contribution in [0.4, 0.5) is 0 Å². The minimum Gasteiger partial charge on any atom is -0.395 e. The molecule has 1 atom stereocenters. The van der Waals surface area contributed by atoms with Gasteiger partial charge in [-0.25, -0.2) is 0 Å². The Morgan fingerprint density at radius 2 is 2.20 bits per heavy atom. The first-order valence-electron chi connectivity index (χ1n) is 3.73. The molecule has 62 valence electrons.